The molecule has 0 aliphatic heterocycles. The number of rotatable bonds is 6. The van der Waals surface area contributed by atoms with E-state index in [1.165, 1.54) is 11.1 Å². The van der Waals surface area contributed by atoms with Crippen molar-refractivity contribution in [2.45, 2.75) is 37.5 Å². The second-order valence-electron chi connectivity index (χ2n) is 6.73. The van der Waals surface area contributed by atoms with Crippen LogP contribution in [0.3, 0.4) is 0 Å². The third kappa shape index (κ3) is 6.27. The van der Waals surface area contributed by atoms with Crippen molar-refractivity contribution in [1.29, 1.82) is 0 Å². The second-order valence-corrected chi connectivity index (χ2v) is 8.01. The monoisotopic (exact) mass is 362 g/mol. The van der Waals surface area contributed by atoms with Gasteiger partial charge in [0.05, 0.1) is 0 Å². The Kier molecular flexibility index (Phi) is 7.62. The third-order valence-electron chi connectivity index (χ3n) is 4.52. The van der Waals surface area contributed by atoms with Gasteiger partial charge < -0.3 is 15.5 Å². The van der Waals surface area contributed by atoms with E-state index in [1.807, 2.05) is 11.8 Å². The molecule has 0 heterocycles. The van der Waals surface area contributed by atoms with Crippen molar-refractivity contribution in [1.82, 2.24) is 15.5 Å². The minimum absolute atomic E-state index is 0.00741. The lowest BCUT2D eigenvalue weighted by Crippen LogP contribution is -2.47. The van der Waals surface area contributed by atoms with Crippen LogP contribution in [0.25, 0.3) is 0 Å². The number of guanidine groups is 1. The molecule has 0 radical (unpaired) electrons. The van der Waals surface area contributed by atoms with Crippen molar-refractivity contribution in [3.8, 4) is 0 Å². The zero-order chi connectivity index (χ0) is 18.2. The molecule has 0 aromatic heterocycles. The van der Waals surface area contributed by atoms with Crippen molar-refractivity contribution in [2.24, 2.45) is 4.99 Å². The Bertz CT molecular complexity index is 603. The van der Waals surface area contributed by atoms with E-state index in [0.717, 1.165) is 31.8 Å². The van der Waals surface area contributed by atoms with E-state index in [-0.39, 0.29) is 12.5 Å². The first-order chi connectivity index (χ1) is 12.0. The molecule has 2 rings (SSSR count). The Morgan fingerprint density at radius 2 is 2.08 bits per heavy atom. The molecule has 138 valence electrons. The Balaban J connectivity index is 1.99. The summed E-state index contributed by atoms with van der Waals surface area (Å²) in [6.45, 7) is 3.17. The number of benzene rings is 1. The van der Waals surface area contributed by atoms with Crippen LogP contribution in [-0.2, 0) is 17.6 Å². The number of carbonyl (C=O) groups is 1. The van der Waals surface area contributed by atoms with Crippen LogP contribution >= 0.6 is 11.8 Å². The number of thioether (sulfide) groups is 1. The van der Waals surface area contributed by atoms with Crippen molar-refractivity contribution in [3.05, 3.63) is 35.4 Å². The first-order valence-corrected chi connectivity index (χ1v) is 10.1. The molecule has 0 saturated carbocycles. The fourth-order valence-electron chi connectivity index (χ4n) is 2.78. The van der Waals surface area contributed by atoms with Gasteiger partial charge in [-0.05, 0) is 36.6 Å². The maximum absolute atomic E-state index is 11.9. The Morgan fingerprint density at radius 1 is 1.36 bits per heavy atom. The molecule has 1 aliphatic rings. The molecule has 0 saturated heterocycles. The number of nitrogens with one attached hydrogen (secondary N) is 2. The van der Waals surface area contributed by atoms with Crippen LogP contribution in [0.2, 0.25) is 0 Å². The topological polar surface area (TPSA) is 56.7 Å². The fraction of sp³-hybridized carbons (Fsp3) is 0.579. The highest BCUT2D eigenvalue weighted by atomic mass is 32.2. The predicted octanol–water partition coefficient (Wildman–Crippen LogP) is 1.92. The van der Waals surface area contributed by atoms with Gasteiger partial charge in [0, 0.05) is 31.9 Å². The molecule has 2 unspecified atom stereocenters. The van der Waals surface area contributed by atoms with Crippen molar-refractivity contribution >= 4 is 23.6 Å². The number of aryl methyl sites for hydroxylation is 1. The maximum atomic E-state index is 11.9. The van der Waals surface area contributed by atoms with Gasteiger partial charge in [0.2, 0.25) is 5.91 Å². The Labute approximate surface area is 155 Å². The second kappa shape index (κ2) is 9.70. The van der Waals surface area contributed by atoms with Gasteiger partial charge in [0.15, 0.2) is 5.96 Å². The van der Waals surface area contributed by atoms with Gasteiger partial charge in [-0.25, -0.2) is 4.99 Å². The first-order valence-electron chi connectivity index (χ1n) is 8.84. The van der Waals surface area contributed by atoms with E-state index in [1.54, 1.807) is 19.0 Å². The molecule has 0 fully saturated rings. The molecular formula is C19H30N4OS. The Morgan fingerprint density at radius 3 is 2.76 bits per heavy atom. The molecule has 25 heavy (non-hydrogen) atoms. The van der Waals surface area contributed by atoms with E-state index >= 15 is 0 Å². The summed E-state index contributed by atoms with van der Waals surface area (Å²) >= 11 is 1.81. The number of aliphatic imine (C=N–C) groups is 1. The number of fused-ring (bicyclic) bond motifs is 1. The summed E-state index contributed by atoms with van der Waals surface area (Å²) in [5.74, 6) is 0.744. The number of amides is 1. The van der Waals surface area contributed by atoms with Crippen LogP contribution in [0.15, 0.2) is 29.3 Å². The average Bonchev–Trinajstić information content (AvgIpc) is 2.62. The maximum Gasteiger partial charge on any atom is 0.243 e. The van der Waals surface area contributed by atoms with Crippen LogP contribution in [0, 0.1) is 0 Å². The van der Waals surface area contributed by atoms with Gasteiger partial charge in [-0.1, -0.05) is 31.2 Å². The zero-order valence-electron chi connectivity index (χ0n) is 15.7. The largest absolute Gasteiger partial charge is 0.355 e. The number of hydrogen-bond donors (Lipinski definition) is 2. The summed E-state index contributed by atoms with van der Waals surface area (Å²) in [5, 5.41) is 7.40. The van der Waals surface area contributed by atoms with E-state index in [4.69, 9.17) is 0 Å². The van der Waals surface area contributed by atoms with Crippen molar-refractivity contribution in [3.63, 3.8) is 0 Å². The van der Waals surface area contributed by atoms with Crippen molar-refractivity contribution < 1.29 is 4.79 Å². The third-order valence-corrected chi connectivity index (χ3v) is 5.49. The molecule has 6 heteroatoms. The summed E-state index contributed by atoms with van der Waals surface area (Å²) < 4.78 is 0. The van der Waals surface area contributed by atoms with E-state index in [9.17, 15) is 4.79 Å². The van der Waals surface area contributed by atoms with Gasteiger partial charge in [-0.3, -0.25) is 4.79 Å². The molecule has 2 atom stereocenters. The van der Waals surface area contributed by atoms with Gasteiger partial charge in [0.25, 0.3) is 0 Å². The van der Waals surface area contributed by atoms with Crippen molar-refractivity contribution in [2.75, 3.05) is 33.4 Å². The lowest BCUT2D eigenvalue weighted by molar-refractivity contribution is -0.127. The van der Waals surface area contributed by atoms with Crippen LogP contribution in [0.5, 0.6) is 0 Å². The first kappa shape index (κ1) is 19.6. The number of likely N-dealkylation sites (N-methyl/N-ethyl adjacent to an activating group) is 1. The lowest BCUT2D eigenvalue weighted by atomic mass is 9.88. The van der Waals surface area contributed by atoms with Gasteiger partial charge in [-0.15, -0.1) is 0 Å². The molecule has 1 amide bonds. The SMILES string of the molecule is CSC(C)CNC(=NCC(=O)N(C)C)NC1CCc2ccccc2C1. The lowest BCUT2D eigenvalue weighted by Gasteiger charge is -2.27. The average molecular weight is 363 g/mol. The molecular weight excluding hydrogens is 332 g/mol. The summed E-state index contributed by atoms with van der Waals surface area (Å²) in [6.07, 6.45) is 5.26. The highest BCUT2D eigenvalue weighted by molar-refractivity contribution is 7.99. The molecule has 1 aromatic rings. The fourth-order valence-corrected chi connectivity index (χ4v) is 3.03. The van der Waals surface area contributed by atoms with E-state index < -0.39 is 0 Å². The normalized spacial score (nSPS) is 18.2. The molecule has 0 spiro atoms. The number of carbonyl (C=O) groups excluding carboxylic acids is 1. The summed E-state index contributed by atoms with van der Waals surface area (Å²) in [7, 11) is 3.51. The van der Waals surface area contributed by atoms with Gasteiger partial charge in [-0.2, -0.15) is 11.8 Å². The van der Waals surface area contributed by atoms with E-state index in [2.05, 4.69) is 53.1 Å². The molecule has 0 bridgehead atoms. The smallest absolute Gasteiger partial charge is 0.243 e. The number of hydrogen-bond acceptors (Lipinski definition) is 3. The van der Waals surface area contributed by atoms with Crippen LogP contribution < -0.4 is 10.6 Å². The van der Waals surface area contributed by atoms with Crippen LogP contribution in [-0.4, -0.2) is 61.5 Å². The molecule has 2 N–H and O–H groups in total. The van der Waals surface area contributed by atoms with Gasteiger partial charge in [0.1, 0.15) is 6.54 Å². The highest BCUT2D eigenvalue weighted by Crippen LogP contribution is 2.20. The zero-order valence-corrected chi connectivity index (χ0v) is 16.5. The molecule has 1 aromatic carbocycles. The quantitative estimate of drug-likeness (QED) is 0.600. The minimum atomic E-state index is 0.00741. The van der Waals surface area contributed by atoms with Crippen LogP contribution in [0.1, 0.15) is 24.5 Å². The minimum Gasteiger partial charge on any atom is -0.355 e. The number of nitrogens with zero attached hydrogens (tertiary/aromatic N) is 2. The Hall–Kier alpha value is -1.69. The molecule has 5 nitrogen and oxygen atoms in total. The van der Waals surface area contributed by atoms with Crippen LogP contribution in [0.4, 0.5) is 0 Å². The standard InChI is InChI=1S/C19H30N4OS/c1-14(25-4)12-20-19(21-13-18(24)23(2)3)22-17-10-9-15-7-5-6-8-16(15)11-17/h5-8,14,17H,9-13H2,1-4H3,(H2,20,21,22). The summed E-state index contributed by atoms with van der Waals surface area (Å²) in [4.78, 5) is 17.9. The summed E-state index contributed by atoms with van der Waals surface area (Å²) in [5.41, 5.74) is 2.86. The predicted molar refractivity (Wildman–Crippen MR) is 107 cm³/mol. The summed E-state index contributed by atoms with van der Waals surface area (Å²) in [6, 6.07) is 8.98. The highest BCUT2D eigenvalue weighted by Gasteiger charge is 2.19. The van der Waals surface area contributed by atoms with Gasteiger partial charge >= 0.3 is 0 Å². The van der Waals surface area contributed by atoms with E-state index in [0.29, 0.717) is 11.3 Å². The molecule has 1 aliphatic carbocycles.